The van der Waals surface area contributed by atoms with Crippen LogP contribution < -0.4 is 10.5 Å². The second-order valence-electron chi connectivity index (χ2n) is 5.00. The summed E-state index contributed by atoms with van der Waals surface area (Å²) in [4.78, 5) is 14.0. The molecule has 0 saturated carbocycles. The van der Waals surface area contributed by atoms with Gasteiger partial charge in [0.2, 0.25) is 0 Å². The van der Waals surface area contributed by atoms with Gasteiger partial charge in [-0.2, -0.15) is 0 Å². The second kappa shape index (κ2) is 7.94. The highest BCUT2D eigenvalue weighted by Crippen LogP contribution is 2.24. The maximum atomic E-state index is 12.4. The molecular weight excluding hydrogens is 318 g/mol. The fraction of sp³-hybridized carbons (Fsp3) is 0.400. The van der Waals surface area contributed by atoms with Crippen molar-refractivity contribution in [2.24, 2.45) is 5.73 Å². The van der Waals surface area contributed by atoms with Crippen LogP contribution in [0.15, 0.2) is 24.4 Å². The molecule has 0 aliphatic heterocycles. The first-order chi connectivity index (χ1) is 11.0. The summed E-state index contributed by atoms with van der Waals surface area (Å²) in [6, 6.07) is 5.36. The van der Waals surface area contributed by atoms with Crippen LogP contribution in [0.1, 0.15) is 23.0 Å². The van der Waals surface area contributed by atoms with E-state index in [1.165, 1.54) is 0 Å². The smallest absolute Gasteiger partial charge is 0.276 e. The lowest BCUT2D eigenvalue weighted by atomic mass is 10.2. The SMILES string of the molecule is CCOc1ccc(Cl)cc1CN(C)C(=O)c1cn(CCN)nn1. The number of carbonyl (C=O) groups is 1. The Hall–Kier alpha value is -2.12. The van der Waals surface area contributed by atoms with Gasteiger partial charge in [0.25, 0.3) is 5.91 Å². The lowest BCUT2D eigenvalue weighted by molar-refractivity contribution is 0.0778. The molecular formula is C15H20ClN5O2. The van der Waals surface area contributed by atoms with Crippen LogP contribution in [0.25, 0.3) is 0 Å². The fourth-order valence-corrected chi connectivity index (χ4v) is 2.32. The van der Waals surface area contributed by atoms with Crippen molar-refractivity contribution < 1.29 is 9.53 Å². The molecule has 0 radical (unpaired) electrons. The molecule has 2 rings (SSSR count). The molecule has 8 heteroatoms. The monoisotopic (exact) mass is 337 g/mol. The van der Waals surface area contributed by atoms with Crippen LogP contribution in [0, 0.1) is 0 Å². The van der Waals surface area contributed by atoms with E-state index in [0.717, 1.165) is 5.56 Å². The number of benzene rings is 1. The van der Waals surface area contributed by atoms with Gasteiger partial charge in [-0.1, -0.05) is 16.8 Å². The van der Waals surface area contributed by atoms with E-state index in [4.69, 9.17) is 22.1 Å². The van der Waals surface area contributed by atoms with Crippen molar-refractivity contribution in [3.05, 3.63) is 40.7 Å². The molecule has 2 N–H and O–H groups in total. The number of amides is 1. The maximum Gasteiger partial charge on any atom is 0.276 e. The highest BCUT2D eigenvalue weighted by Gasteiger charge is 2.17. The Kier molecular flexibility index (Phi) is 5.95. The van der Waals surface area contributed by atoms with E-state index in [1.54, 1.807) is 41.0 Å². The first-order valence-corrected chi connectivity index (χ1v) is 7.69. The van der Waals surface area contributed by atoms with Crippen molar-refractivity contribution in [1.82, 2.24) is 19.9 Å². The van der Waals surface area contributed by atoms with E-state index in [-0.39, 0.29) is 11.6 Å². The van der Waals surface area contributed by atoms with Crippen LogP contribution in [0.5, 0.6) is 5.75 Å². The van der Waals surface area contributed by atoms with Crippen molar-refractivity contribution in [2.45, 2.75) is 20.0 Å². The molecule has 0 fully saturated rings. The third-order valence-electron chi connectivity index (χ3n) is 3.19. The fourth-order valence-electron chi connectivity index (χ4n) is 2.13. The van der Waals surface area contributed by atoms with Gasteiger partial charge in [0.05, 0.1) is 19.3 Å². The van der Waals surface area contributed by atoms with Gasteiger partial charge in [-0.05, 0) is 25.1 Å². The summed E-state index contributed by atoms with van der Waals surface area (Å²) < 4.78 is 7.12. The van der Waals surface area contributed by atoms with Crippen LogP contribution in [0.4, 0.5) is 0 Å². The molecule has 0 spiro atoms. The van der Waals surface area contributed by atoms with Gasteiger partial charge >= 0.3 is 0 Å². The maximum absolute atomic E-state index is 12.4. The Morgan fingerprint density at radius 3 is 2.96 bits per heavy atom. The molecule has 23 heavy (non-hydrogen) atoms. The number of halogens is 1. The number of rotatable bonds is 7. The van der Waals surface area contributed by atoms with E-state index in [2.05, 4.69) is 10.3 Å². The quantitative estimate of drug-likeness (QED) is 0.828. The summed E-state index contributed by atoms with van der Waals surface area (Å²) in [5, 5.41) is 8.35. The van der Waals surface area contributed by atoms with Gasteiger partial charge in [0.1, 0.15) is 5.75 Å². The molecule has 1 aromatic carbocycles. The Bertz CT molecular complexity index is 674. The first kappa shape index (κ1) is 17.2. The number of ether oxygens (including phenoxy) is 1. The molecule has 2 aromatic rings. The van der Waals surface area contributed by atoms with Crippen LogP contribution in [-0.2, 0) is 13.1 Å². The summed E-state index contributed by atoms with van der Waals surface area (Å²) in [5.41, 5.74) is 6.57. The number of aromatic nitrogens is 3. The van der Waals surface area contributed by atoms with E-state index in [0.29, 0.717) is 37.0 Å². The average Bonchev–Trinajstić information content (AvgIpc) is 2.98. The van der Waals surface area contributed by atoms with E-state index < -0.39 is 0 Å². The van der Waals surface area contributed by atoms with Crippen LogP contribution in [0.2, 0.25) is 5.02 Å². The minimum atomic E-state index is -0.226. The Morgan fingerprint density at radius 2 is 2.26 bits per heavy atom. The molecule has 0 aliphatic rings. The van der Waals surface area contributed by atoms with Crippen molar-refractivity contribution in [2.75, 3.05) is 20.2 Å². The summed E-state index contributed by atoms with van der Waals surface area (Å²) in [5.74, 6) is 0.485. The van der Waals surface area contributed by atoms with Crippen LogP contribution >= 0.6 is 11.6 Å². The highest BCUT2D eigenvalue weighted by atomic mass is 35.5. The lowest BCUT2D eigenvalue weighted by Gasteiger charge is -2.18. The molecule has 1 amide bonds. The Balaban J connectivity index is 2.12. The predicted octanol–water partition coefficient (Wildman–Crippen LogP) is 1.56. The molecule has 1 aromatic heterocycles. The summed E-state index contributed by atoms with van der Waals surface area (Å²) in [7, 11) is 1.70. The topological polar surface area (TPSA) is 86.3 Å². The number of hydrogen-bond acceptors (Lipinski definition) is 5. The predicted molar refractivity (Wildman–Crippen MR) is 87.5 cm³/mol. The molecule has 0 unspecified atom stereocenters. The van der Waals surface area contributed by atoms with Gasteiger partial charge in [-0.3, -0.25) is 9.48 Å². The van der Waals surface area contributed by atoms with Crippen molar-refractivity contribution in [3.8, 4) is 5.75 Å². The third-order valence-corrected chi connectivity index (χ3v) is 3.43. The van der Waals surface area contributed by atoms with Gasteiger partial charge < -0.3 is 15.4 Å². The normalized spacial score (nSPS) is 10.6. The molecule has 0 saturated heterocycles. The summed E-state index contributed by atoms with van der Waals surface area (Å²) in [6.07, 6.45) is 1.59. The van der Waals surface area contributed by atoms with Crippen molar-refractivity contribution in [3.63, 3.8) is 0 Å². The molecule has 7 nitrogen and oxygen atoms in total. The molecule has 124 valence electrons. The zero-order valence-corrected chi connectivity index (χ0v) is 14.0. The number of nitrogens with zero attached hydrogens (tertiary/aromatic N) is 4. The van der Waals surface area contributed by atoms with E-state index in [1.807, 2.05) is 6.92 Å². The zero-order chi connectivity index (χ0) is 16.8. The Labute approximate surface area is 140 Å². The Morgan fingerprint density at radius 1 is 1.48 bits per heavy atom. The standard InChI is InChI=1S/C15H20ClN5O2/c1-3-23-14-5-4-12(16)8-11(14)9-20(2)15(22)13-10-21(7-6-17)19-18-13/h4-5,8,10H,3,6-7,9,17H2,1-2H3. The molecule has 0 aliphatic carbocycles. The van der Waals surface area contributed by atoms with Crippen molar-refractivity contribution in [1.29, 1.82) is 0 Å². The summed E-state index contributed by atoms with van der Waals surface area (Å²) >= 11 is 6.04. The van der Waals surface area contributed by atoms with Gasteiger partial charge in [0.15, 0.2) is 5.69 Å². The third kappa shape index (κ3) is 4.43. The minimum absolute atomic E-state index is 0.226. The van der Waals surface area contributed by atoms with Crippen LogP contribution in [-0.4, -0.2) is 46.0 Å². The van der Waals surface area contributed by atoms with E-state index >= 15 is 0 Å². The van der Waals surface area contributed by atoms with Gasteiger partial charge in [-0.25, -0.2) is 0 Å². The second-order valence-corrected chi connectivity index (χ2v) is 5.44. The number of carbonyl (C=O) groups excluding carboxylic acids is 1. The largest absolute Gasteiger partial charge is 0.494 e. The minimum Gasteiger partial charge on any atom is -0.494 e. The lowest BCUT2D eigenvalue weighted by Crippen LogP contribution is -2.26. The summed E-state index contributed by atoms with van der Waals surface area (Å²) in [6.45, 7) is 3.76. The number of hydrogen-bond donors (Lipinski definition) is 1. The van der Waals surface area contributed by atoms with Crippen molar-refractivity contribution >= 4 is 17.5 Å². The first-order valence-electron chi connectivity index (χ1n) is 7.32. The molecule has 0 atom stereocenters. The average molecular weight is 338 g/mol. The van der Waals surface area contributed by atoms with Gasteiger partial charge in [0, 0.05) is 30.7 Å². The molecule has 1 heterocycles. The zero-order valence-electron chi connectivity index (χ0n) is 13.2. The molecule has 0 bridgehead atoms. The van der Waals surface area contributed by atoms with Crippen LogP contribution in [0.3, 0.4) is 0 Å². The highest BCUT2D eigenvalue weighted by molar-refractivity contribution is 6.30. The van der Waals surface area contributed by atoms with Gasteiger partial charge in [-0.15, -0.1) is 5.10 Å². The van der Waals surface area contributed by atoms with E-state index in [9.17, 15) is 4.79 Å². The number of nitrogens with two attached hydrogens (primary N) is 1.